The van der Waals surface area contributed by atoms with Crippen LogP contribution in [-0.2, 0) is 14.3 Å². The number of para-hydroxylation sites is 1. The van der Waals surface area contributed by atoms with Crippen molar-refractivity contribution in [3.05, 3.63) is 29.8 Å². The van der Waals surface area contributed by atoms with Crippen molar-refractivity contribution in [3.63, 3.8) is 0 Å². The molecular formula is C25H37F2NO5. The van der Waals surface area contributed by atoms with E-state index in [1.807, 2.05) is 0 Å². The fourth-order valence-electron chi connectivity index (χ4n) is 3.69. The molecule has 2 rings (SSSR count). The maximum absolute atomic E-state index is 16.1. The molecule has 0 aliphatic carbocycles. The molecule has 186 valence electrons. The van der Waals surface area contributed by atoms with Gasteiger partial charge in [0.1, 0.15) is 17.5 Å². The predicted octanol–water partition coefficient (Wildman–Crippen LogP) is 5.35. The van der Waals surface area contributed by atoms with Gasteiger partial charge in [0.25, 0.3) is 0 Å². The first-order valence-electron chi connectivity index (χ1n) is 11.8. The Morgan fingerprint density at radius 1 is 1.18 bits per heavy atom. The largest absolute Gasteiger partial charge is 0.462 e. The molecule has 1 N–H and O–H groups in total. The second-order valence-corrected chi connectivity index (χ2v) is 9.44. The molecule has 1 aliphatic rings. The lowest BCUT2D eigenvalue weighted by molar-refractivity contribution is -0.336. The van der Waals surface area contributed by atoms with Crippen LogP contribution in [0.5, 0.6) is 5.75 Å². The molecule has 0 spiro atoms. The maximum Gasteiger partial charge on any atom is 0.369 e. The zero-order valence-electron chi connectivity index (χ0n) is 20.3. The highest BCUT2D eigenvalue weighted by Gasteiger charge is 2.55. The van der Waals surface area contributed by atoms with Crippen LogP contribution in [0, 0.1) is 11.3 Å². The zero-order chi connectivity index (χ0) is 24.6. The highest BCUT2D eigenvalue weighted by Crippen LogP contribution is 2.41. The minimum absolute atomic E-state index is 0.0308. The van der Waals surface area contributed by atoms with Gasteiger partial charge in [0.2, 0.25) is 5.91 Å². The van der Waals surface area contributed by atoms with E-state index in [1.54, 1.807) is 39.8 Å². The average Bonchev–Trinajstić information content (AvgIpc) is 2.75. The lowest BCUT2D eigenvalue weighted by Crippen LogP contribution is -2.61. The van der Waals surface area contributed by atoms with E-state index >= 15 is 8.78 Å². The Kier molecular flexibility index (Phi) is 9.64. The van der Waals surface area contributed by atoms with Crippen LogP contribution in [0.25, 0.3) is 0 Å². The minimum atomic E-state index is -2.79. The van der Waals surface area contributed by atoms with Crippen molar-refractivity contribution >= 4 is 11.9 Å². The summed E-state index contributed by atoms with van der Waals surface area (Å²) in [7, 11) is 0. The molecule has 6 nitrogen and oxygen atoms in total. The van der Waals surface area contributed by atoms with Gasteiger partial charge in [-0.05, 0) is 25.5 Å². The molecule has 8 heteroatoms. The number of ether oxygens (including phenoxy) is 3. The quantitative estimate of drug-likeness (QED) is 0.369. The molecule has 1 aromatic rings. The summed E-state index contributed by atoms with van der Waals surface area (Å²) in [6, 6.07) is 2.27. The van der Waals surface area contributed by atoms with E-state index in [9.17, 15) is 9.59 Å². The summed E-state index contributed by atoms with van der Waals surface area (Å²) in [6.45, 7) is 8.62. The topological polar surface area (TPSA) is 73.9 Å². The van der Waals surface area contributed by atoms with Crippen LogP contribution in [-0.4, -0.2) is 43.3 Å². The van der Waals surface area contributed by atoms with E-state index in [2.05, 4.69) is 12.2 Å². The number of unbranched alkanes of at least 4 members (excludes halogenated alkanes) is 3. The van der Waals surface area contributed by atoms with E-state index < -0.39 is 42.2 Å². The number of hydrogen-bond acceptors (Lipinski definition) is 5. The Morgan fingerprint density at radius 3 is 2.52 bits per heavy atom. The second-order valence-electron chi connectivity index (χ2n) is 9.44. The van der Waals surface area contributed by atoms with Crippen molar-refractivity contribution in [2.24, 2.45) is 11.3 Å². The predicted molar refractivity (Wildman–Crippen MR) is 121 cm³/mol. The van der Waals surface area contributed by atoms with E-state index in [4.69, 9.17) is 14.2 Å². The minimum Gasteiger partial charge on any atom is -0.462 e. The summed E-state index contributed by atoms with van der Waals surface area (Å²) in [6.07, 6.45) is 1.76. The maximum atomic E-state index is 16.1. The van der Waals surface area contributed by atoms with Gasteiger partial charge in [-0.1, -0.05) is 65.5 Å². The van der Waals surface area contributed by atoms with Crippen molar-refractivity contribution < 1.29 is 32.6 Å². The van der Waals surface area contributed by atoms with Gasteiger partial charge in [0, 0.05) is 5.41 Å². The lowest BCUT2D eigenvalue weighted by Gasteiger charge is -2.43. The third-order valence-corrected chi connectivity index (χ3v) is 5.67. The van der Waals surface area contributed by atoms with Crippen LogP contribution in [0.3, 0.4) is 0 Å². The van der Waals surface area contributed by atoms with Crippen LogP contribution < -0.4 is 10.1 Å². The number of carbonyl (C=O) groups is 2. The highest BCUT2D eigenvalue weighted by atomic mass is 19.2. The number of rotatable bonds is 10. The summed E-state index contributed by atoms with van der Waals surface area (Å²) < 4.78 is 47.8. The molecule has 1 amide bonds. The summed E-state index contributed by atoms with van der Waals surface area (Å²) >= 11 is 0. The number of hydrogen-bond donors (Lipinski definition) is 1. The number of nitrogens with one attached hydrogen (secondary N) is 1. The lowest BCUT2D eigenvalue weighted by atomic mass is 9.87. The number of carbonyl (C=O) groups excluding carboxylic acids is 2. The molecular weight excluding hydrogens is 432 g/mol. The first-order valence-corrected chi connectivity index (χ1v) is 11.8. The monoisotopic (exact) mass is 469 g/mol. The van der Waals surface area contributed by atoms with Gasteiger partial charge in [-0.2, -0.15) is 4.39 Å². The number of benzene rings is 1. The van der Waals surface area contributed by atoms with Gasteiger partial charge < -0.3 is 19.5 Å². The molecule has 33 heavy (non-hydrogen) atoms. The van der Waals surface area contributed by atoms with E-state index in [0.29, 0.717) is 6.42 Å². The van der Waals surface area contributed by atoms with Gasteiger partial charge in [0.05, 0.1) is 25.2 Å². The Hall–Kier alpha value is -2.22. The van der Waals surface area contributed by atoms with Gasteiger partial charge in [-0.25, -0.2) is 9.18 Å². The number of alkyl halides is 2. The first kappa shape index (κ1) is 27.0. The molecule has 1 saturated heterocycles. The number of amides is 1. The average molecular weight is 470 g/mol. The van der Waals surface area contributed by atoms with Crippen LogP contribution in [0.15, 0.2) is 24.3 Å². The molecule has 0 saturated carbocycles. The first-order chi connectivity index (χ1) is 15.5. The second kappa shape index (κ2) is 11.8. The Balaban J connectivity index is 2.28. The normalized spacial score (nSPS) is 25.4. The van der Waals surface area contributed by atoms with Crippen LogP contribution in [0.2, 0.25) is 0 Å². The summed E-state index contributed by atoms with van der Waals surface area (Å²) in [4.78, 5) is 24.7. The number of esters is 1. The van der Waals surface area contributed by atoms with Crippen LogP contribution in [0.4, 0.5) is 8.78 Å². The van der Waals surface area contributed by atoms with Crippen LogP contribution in [0.1, 0.15) is 77.1 Å². The van der Waals surface area contributed by atoms with Gasteiger partial charge in [0.15, 0.2) is 0 Å². The smallest absolute Gasteiger partial charge is 0.369 e. The van der Waals surface area contributed by atoms with Crippen molar-refractivity contribution in [1.29, 1.82) is 0 Å². The molecule has 1 aliphatic heterocycles. The standard InChI is InChI=1S/C25H37F2NO5/c1-6-8-9-10-14-18-21(26)19(28-23(30)24(3,4)5)16-32-25(18,27)33-20-15-12-11-13-17(20)22(29)31-7-2/h11-13,15,18-19,21H,6-10,14,16H2,1-5H3,(H,28,30). The Bertz CT molecular complexity index is 797. The molecule has 0 radical (unpaired) electrons. The molecule has 0 aromatic heterocycles. The molecule has 1 heterocycles. The molecule has 4 atom stereocenters. The summed E-state index contributed by atoms with van der Waals surface area (Å²) in [5.41, 5.74) is -0.696. The van der Waals surface area contributed by atoms with Gasteiger partial charge in [-0.15, -0.1) is 0 Å². The third-order valence-electron chi connectivity index (χ3n) is 5.67. The molecule has 1 fully saturated rings. The SMILES string of the molecule is CCCCCCC1C(F)C(NC(=O)C(C)(C)C)COC1(F)Oc1ccccc1C(=O)OCC. The van der Waals surface area contributed by atoms with Crippen molar-refractivity contribution in [2.75, 3.05) is 13.2 Å². The zero-order valence-corrected chi connectivity index (χ0v) is 20.3. The van der Waals surface area contributed by atoms with E-state index in [0.717, 1.165) is 19.3 Å². The number of halogens is 2. The summed E-state index contributed by atoms with van der Waals surface area (Å²) in [5.74, 6) is -2.38. The molecule has 4 unspecified atom stereocenters. The van der Waals surface area contributed by atoms with E-state index in [-0.39, 0.29) is 30.2 Å². The fourth-order valence-corrected chi connectivity index (χ4v) is 3.69. The fraction of sp³-hybridized carbons (Fsp3) is 0.680. The van der Waals surface area contributed by atoms with Gasteiger partial charge >= 0.3 is 12.0 Å². The summed E-state index contributed by atoms with van der Waals surface area (Å²) in [5, 5.41) is 2.65. The van der Waals surface area contributed by atoms with Crippen molar-refractivity contribution in [3.8, 4) is 5.75 Å². The van der Waals surface area contributed by atoms with Crippen LogP contribution >= 0.6 is 0 Å². The molecule has 1 aromatic carbocycles. The third kappa shape index (κ3) is 7.13. The van der Waals surface area contributed by atoms with E-state index in [1.165, 1.54) is 12.1 Å². The van der Waals surface area contributed by atoms with Crippen molar-refractivity contribution in [1.82, 2.24) is 5.32 Å². The molecule has 0 bridgehead atoms. The highest BCUT2D eigenvalue weighted by molar-refractivity contribution is 5.92. The Labute approximate surface area is 195 Å². The van der Waals surface area contributed by atoms with Crippen molar-refractivity contribution in [2.45, 2.75) is 85.0 Å². The Morgan fingerprint density at radius 2 is 1.88 bits per heavy atom. The van der Waals surface area contributed by atoms with Gasteiger partial charge in [-0.3, -0.25) is 4.79 Å².